The quantitative estimate of drug-likeness (QED) is 0.416. The monoisotopic (exact) mass is 475 g/mol. The summed E-state index contributed by atoms with van der Waals surface area (Å²) in [6, 6.07) is 17.2. The highest BCUT2D eigenvalue weighted by Gasteiger charge is 2.20. The number of carbonyl (C=O) groups is 1. The average molecular weight is 476 g/mol. The topological polar surface area (TPSA) is 88.0 Å². The van der Waals surface area contributed by atoms with Crippen LogP contribution < -0.4 is 14.8 Å². The van der Waals surface area contributed by atoms with Crippen LogP contribution >= 0.6 is 0 Å². The van der Waals surface area contributed by atoms with Gasteiger partial charge in [0, 0.05) is 13.1 Å². The molecule has 3 N–H and O–H groups in total. The zero-order valence-corrected chi connectivity index (χ0v) is 20.5. The zero-order chi connectivity index (χ0) is 24.9. The molecule has 3 aromatic rings. The lowest BCUT2D eigenvalue weighted by atomic mass is 9.96. The molecule has 1 unspecified atom stereocenters. The molecule has 0 amide bonds. The number of ether oxygens (including phenoxy) is 2. The lowest BCUT2D eigenvalue weighted by Gasteiger charge is -2.27. The van der Waals surface area contributed by atoms with Crippen LogP contribution in [0, 0.1) is 20.8 Å². The smallest absolute Gasteiger partial charge is 0.335 e. The second-order valence-electron chi connectivity index (χ2n) is 9.33. The maximum absolute atomic E-state index is 11.1. The maximum Gasteiger partial charge on any atom is 0.335 e. The van der Waals surface area contributed by atoms with Crippen molar-refractivity contribution in [2.75, 3.05) is 19.7 Å². The fraction of sp³-hybridized carbons (Fsp3) is 0.345. The first-order chi connectivity index (χ1) is 16.8. The molecule has 1 aliphatic rings. The van der Waals surface area contributed by atoms with Gasteiger partial charge in [-0.3, -0.25) is 0 Å². The Bertz CT molecular complexity index is 1170. The van der Waals surface area contributed by atoms with Crippen LogP contribution in [0.4, 0.5) is 0 Å². The van der Waals surface area contributed by atoms with Gasteiger partial charge in [0.1, 0.15) is 30.3 Å². The highest BCUT2D eigenvalue weighted by molar-refractivity contribution is 5.88. The van der Waals surface area contributed by atoms with Crippen LogP contribution in [-0.4, -0.2) is 48.1 Å². The molecule has 0 spiro atoms. The Hall–Kier alpha value is -3.35. The number of benzene rings is 3. The number of fused-ring (bicyclic) bond motifs is 1. The van der Waals surface area contributed by atoms with Crippen molar-refractivity contribution in [1.29, 1.82) is 0 Å². The third-order valence-corrected chi connectivity index (χ3v) is 6.33. The van der Waals surface area contributed by atoms with Crippen molar-refractivity contribution in [3.05, 3.63) is 82.4 Å². The molecule has 1 aliphatic heterocycles. The van der Waals surface area contributed by atoms with Gasteiger partial charge in [-0.2, -0.15) is 0 Å². The van der Waals surface area contributed by atoms with Crippen LogP contribution in [0.15, 0.2) is 54.6 Å². The van der Waals surface area contributed by atoms with Crippen molar-refractivity contribution in [2.45, 2.75) is 45.8 Å². The number of hydrogen-bond donors (Lipinski definition) is 3. The molecule has 4 rings (SSSR count). The zero-order valence-electron chi connectivity index (χ0n) is 20.5. The summed E-state index contributed by atoms with van der Waals surface area (Å²) in [5, 5.41) is 22.7. The number of rotatable bonds is 9. The molecule has 1 heterocycles. The minimum absolute atomic E-state index is 0.0397. The molecular weight excluding hydrogens is 442 g/mol. The summed E-state index contributed by atoms with van der Waals surface area (Å²) in [6.07, 6.45) is 1.22. The van der Waals surface area contributed by atoms with Gasteiger partial charge in [0.2, 0.25) is 0 Å². The molecule has 0 aliphatic carbocycles. The normalized spacial score (nSPS) is 15.7. The Labute approximate surface area is 206 Å². The summed E-state index contributed by atoms with van der Waals surface area (Å²) in [4.78, 5) is 11.1. The highest BCUT2D eigenvalue weighted by atomic mass is 16.5. The summed E-state index contributed by atoms with van der Waals surface area (Å²) < 4.78 is 12.1. The van der Waals surface area contributed by atoms with E-state index in [-0.39, 0.29) is 18.3 Å². The minimum atomic E-state index is -0.924. The Morgan fingerprint density at radius 2 is 1.74 bits per heavy atom. The summed E-state index contributed by atoms with van der Waals surface area (Å²) >= 11 is 0. The van der Waals surface area contributed by atoms with Crippen LogP contribution in [0.2, 0.25) is 0 Å². The molecule has 6 heteroatoms. The van der Waals surface area contributed by atoms with Crippen LogP contribution in [0.3, 0.4) is 0 Å². The first-order valence-corrected chi connectivity index (χ1v) is 12.0. The molecule has 0 bridgehead atoms. The van der Waals surface area contributed by atoms with Crippen molar-refractivity contribution in [1.82, 2.24) is 5.32 Å². The number of carboxylic acid groups (broad SMARTS) is 1. The van der Waals surface area contributed by atoms with E-state index in [1.54, 1.807) is 12.1 Å². The summed E-state index contributed by atoms with van der Waals surface area (Å²) in [5.41, 5.74) is 6.82. The van der Waals surface area contributed by atoms with Crippen LogP contribution in [0.5, 0.6) is 11.5 Å². The van der Waals surface area contributed by atoms with Gasteiger partial charge in [-0.1, -0.05) is 35.9 Å². The molecule has 0 fully saturated rings. The minimum Gasteiger partial charge on any atom is -0.490 e. The Balaban J connectivity index is 1.25. The molecule has 0 saturated heterocycles. The maximum atomic E-state index is 11.1. The summed E-state index contributed by atoms with van der Waals surface area (Å²) in [6.45, 7) is 7.43. The fourth-order valence-electron chi connectivity index (χ4n) is 4.62. The Kier molecular flexibility index (Phi) is 7.73. The van der Waals surface area contributed by atoms with E-state index in [2.05, 4.69) is 30.4 Å². The number of carboxylic acids is 1. The Morgan fingerprint density at radius 1 is 1.06 bits per heavy atom. The number of aryl methyl sites for hydroxylation is 4. The lowest BCUT2D eigenvalue weighted by Crippen LogP contribution is -2.39. The molecular formula is C29H33NO5. The second-order valence-corrected chi connectivity index (χ2v) is 9.33. The predicted molar refractivity (Wildman–Crippen MR) is 137 cm³/mol. The van der Waals surface area contributed by atoms with Crippen LogP contribution in [0.1, 0.15) is 39.0 Å². The van der Waals surface area contributed by atoms with Gasteiger partial charge in [0.25, 0.3) is 0 Å². The molecule has 0 radical (unpaired) electrons. The van der Waals surface area contributed by atoms with E-state index in [1.807, 2.05) is 38.1 Å². The summed E-state index contributed by atoms with van der Waals surface area (Å²) in [7, 11) is 0. The molecule has 0 aromatic heterocycles. The number of nitrogens with one attached hydrogen (secondary N) is 1. The van der Waals surface area contributed by atoms with E-state index in [1.165, 1.54) is 5.56 Å². The van der Waals surface area contributed by atoms with Crippen LogP contribution in [0.25, 0.3) is 11.1 Å². The van der Waals surface area contributed by atoms with Crippen molar-refractivity contribution in [2.24, 2.45) is 0 Å². The van der Waals surface area contributed by atoms with Gasteiger partial charge in [-0.05, 0) is 85.7 Å². The van der Waals surface area contributed by atoms with Gasteiger partial charge >= 0.3 is 5.97 Å². The van der Waals surface area contributed by atoms with E-state index < -0.39 is 12.1 Å². The second kappa shape index (κ2) is 10.9. The van der Waals surface area contributed by atoms with Gasteiger partial charge in [-0.15, -0.1) is 0 Å². The number of aliphatic hydroxyl groups excluding tert-OH is 1. The van der Waals surface area contributed by atoms with E-state index in [0.717, 1.165) is 52.2 Å². The van der Waals surface area contributed by atoms with Crippen molar-refractivity contribution in [3.8, 4) is 22.6 Å². The fourth-order valence-corrected chi connectivity index (χ4v) is 4.62. The number of aliphatic hydroxyl groups is 1. The first kappa shape index (κ1) is 24.8. The standard InChI is InChI=1S/C29H33NO5/c1-18-12-19(2)28(20(3)13-18)34-17-25(31)15-30-16-26-10-8-24-14-23(9-11-27(24)35-26)21-4-6-22(7-5-21)29(32)33/h4-7,9,11-14,25-26,30-31H,8,10,15-17H2,1-3H3,(H,32,33)/t25?,26-/m1/s1. The van der Waals surface area contributed by atoms with Crippen molar-refractivity contribution >= 4 is 5.97 Å². The van der Waals surface area contributed by atoms with Gasteiger partial charge in [0.05, 0.1) is 5.56 Å². The highest BCUT2D eigenvalue weighted by Crippen LogP contribution is 2.32. The van der Waals surface area contributed by atoms with Gasteiger partial charge < -0.3 is 25.0 Å². The number of aromatic carboxylic acids is 1. The third kappa shape index (κ3) is 6.21. The molecule has 184 valence electrons. The molecule has 6 nitrogen and oxygen atoms in total. The van der Waals surface area contributed by atoms with E-state index >= 15 is 0 Å². The van der Waals surface area contributed by atoms with E-state index in [9.17, 15) is 9.90 Å². The molecule has 3 aromatic carbocycles. The third-order valence-electron chi connectivity index (χ3n) is 6.33. The largest absolute Gasteiger partial charge is 0.490 e. The molecule has 2 atom stereocenters. The molecule has 0 saturated carbocycles. The van der Waals surface area contributed by atoms with E-state index in [4.69, 9.17) is 14.6 Å². The summed E-state index contributed by atoms with van der Waals surface area (Å²) in [5.74, 6) is 0.800. The molecule has 35 heavy (non-hydrogen) atoms. The van der Waals surface area contributed by atoms with Crippen molar-refractivity contribution in [3.63, 3.8) is 0 Å². The lowest BCUT2D eigenvalue weighted by molar-refractivity contribution is 0.0697. The van der Waals surface area contributed by atoms with E-state index in [0.29, 0.717) is 13.1 Å². The van der Waals surface area contributed by atoms with Gasteiger partial charge in [-0.25, -0.2) is 4.79 Å². The predicted octanol–water partition coefficient (Wildman–Crippen LogP) is 4.70. The SMILES string of the molecule is Cc1cc(C)c(OCC(O)CNC[C@H]2CCc3cc(-c4ccc(C(=O)O)cc4)ccc3O2)c(C)c1. The average Bonchev–Trinajstić information content (AvgIpc) is 2.83. The van der Waals surface area contributed by atoms with Gasteiger partial charge in [0.15, 0.2) is 0 Å². The first-order valence-electron chi connectivity index (χ1n) is 12.0. The van der Waals surface area contributed by atoms with Crippen molar-refractivity contribution < 1.29 is 24.5 Å². The Morgan fingerprint density at radius 3 is 2.43 bits per heavy atom. The van der Waals surface area contributed by atoms with Crippen LogP contribution in [-0.2, 0) is 6.42 Å². The number of hydrogen-bond acceptors (Lipinski definition) is 5.